The molecule has 1 aliphatic rings. The molecule has 0 radical (unpaired) electrons. The number of benzene rings is 1. The van der Waals surface area contributed by atoms with Crippen molar-refractivity contribution in [2.24, 2.45) is 0 Å². The van der Waals surface area contributed by atoms with Crippen molar-refractivity contribution in [3.05, 3.63) is 72.2 Å². The third-order valence-electron chi connectivity index (χ3n) is 5.04. The quantitative estimate of drug-likeness (QED) is 0.575. The Morgan fingerprint density at radius 2 is 1.96 bits per heavy atom. The molecule has 0 saturated heterocycles. The predicted molar refractivity (Wildman–Crippen MR) is 103 cm³/mol. The fourth-order valence-corrected chi connectivity index (χ4v) is 3.79. The molecular weight excluding hydrogens is 322 g/mol. The van der Waals surface area contributed by atoms with E-state index in [1.165, 1.54) is 17.5 Å². The van der Waals surface area contributed by atoms with Crippen molar-refractivity contribution in [3.63, 3.8) is 0 Å². The van der Waals surface area contributed by atoms with Crippen molar-refractivity contribution >= 4 is 16.9 Å². The summed E-state index contributed by atoms with van der Waals surface area (Å²) in [5.74, 6) is 1.56. The van der Waals surface area contributed by atoms with Gasteiger partial charge in [0.25, 0.3) is 0 Å². The fraction of sp³-hybridized carbons (Fsp3) is 0.190. The van der Waals surface area contributed by atoms with Gasteiger partial charge in [0.1, 0.15) is 11.5 Å². The summed E-state index contributed by atoms with van der Waals surface area (Å²) in [6.07, 6.45) is 8.99. The number of hydrogen-bond acceptors (Lipinski definition) is 4. The number of anilines is 1. The number of aryl methyl sites for hydroxylation is 1. The number of fused-ring (bicyclic) bond motifs is 2. The average Bonchev–Trinajstić information content (AvgIpc) is 3.13. The van der Waals surface area contributed by atoms with Gasteiger partial charge in [0, 0.05) is 29.5 Å². The maximum Gasteiger partial charge on any atom is 0.163 e. The first-order chi connectivity index (χ1) is 12.9. The van der Waals surface area contributed by atoms with Crippen molar-refractivity contribution in [3.8, 4) is 11.4 Å². The van der Waals surface area contributed by atoms with Crippen LogP contribution in [0.5, 0.6) is 0 Å². The molecule has 0 saturated carbocycles. The number of aromatic amines is 1. The van der Waals surface area contributed by atoms with Crippen LogP contribution in [0.4, 0.5) is 5.82 Å². The Kier molecular flexibility index (Phi) is 3.63. The van der Waals surface area contributed by atoms with Gasteiger partial charge >= 0.3 is 0 Å². The summed E-state index contributed by atoms with van der Waals surface area (Å²) in [7, 11) is 0. The molecule has 0 fully saturated rings. The zero-order valence-electron chi connectivity index (χ0n) is 14.3. The monoisotopic (exact) mass is 341 g/mol. The van der Waals surface area contributed by atoms with Crippen LogP contribution in [0.1, 0.15) is 30.0 Å². The van der Waals surface area contributed by atoms with E-state index < -0.39 is 0 Å². The number of aromatic nitrogens is 4. The summed E-state index contributed by atoms with van der Waals surface area (Å²) in [6, 6.07) is 14.9. The molecule has 1 atom stereocenters. The summed E-state index contributed by atoms with van der Waals surface area (Å²) in [5, 5.41) is 4.65. The molecule has 0 unspecified atom stereocenters. The first-order valence-electron chi connectivity index (χ1n) is 8.98. The normalized spacial score (nSPS) is 16.4. The lowest BCUT2D eigenvalue weighted by molar-refractivity contribution is 0.598. The zero-order valence-corrected chi connectivity index (χ0v) is 14.3. The minimum absolute atomic E-state index is 0.298. The number of pyridine rings is 1. The molecule has 1 aromatic carbocycles. The van der Waals surface area contributed by atoms with E-state index in [1.807, 2.05) is 30.6 Å². The van der Waals surface area contributed by atoms with E-state index in [0.29, 0.717) is 11.9 Å². The first-order valence-corrected chi connectivity index (χ1v) is 8.98. The van der Waals surface area contributed by atoms with E-state index in [-0.39, 0.29) is 0 Å². The van der Waals surface area contributed by atoms with E-state index in [9.17, 15) is 0 Å². The van der Waals surface area contributed by atoms with Gasteiger partial charge in [-0.1, -0.05) is 24.3 Å². The van der Waals surface area contributed by atoms with Crippen LogP contribution >= 0.6 is 0 Å². The van der Waals surface area contributed by atoms with Crippen molar-refractivity contribution in [1.82, 2.24) is 19.9 Å². The molecule has 5 rings (SSSR count). The van der Waals surface area contributed by atoms with Crippen molar-refractivity contribution in [2.45, 2.75) is 25.3 Å². The highest BCUT2D eigenvalue weighted by Crippen LogP contribution is 2.32. The Bertz CT molecular complexity index is 1070. The van der Waals surface area contributed by atoms with Gasteiger partial charge in [-0.25, -0.2) is 15.0 Å². The van der Waals surface area contributed by atoms with Crippen molar-refractivity contribution in [1.29, 1.82) is 0 Å². The van der Waals surface area contributed by atoms with Gasteiger partial charge < -0.3 is 10.3 Å². The Labute approximate surface area is 151 Å². The van der Waals surface area contributed by atoms with E-state index in [4.69, 9.17) is 4.98 Å². The number of rotatable bonds is 3. The molecule has 0 aliphatic heterocycles. The maximum absolute atomic E-state index is 4.76. The van der Waals surface area contributed by atoms with Crippen LogP contribution in [-0.4, -0.2) is 19.9 Å². The Morgan fingerprint density at radius 3 is 2.96 bits per heavy atom. The highest BCUT2D eigenvalue weighted by molar-refractivity contribution is 5.91. The van der Waals surface area contributed by atoms with Crippen LogP contribution in [0.25, 0.3) is 22.4 Å². The van der Waals surface area contributed by atoms with Crippen LogP contribution in [0.15, 0.2) is 61.1 Å². The van der Waals surface area contributed by atoms with Gasteiger partial charge in [-0.3, -0.25) is 0 Å². The highest BCUT2D eigenvalue weighted by atomic mass is 15.0. The molecule has 0 bridgehead atoms. The smallest absolute Gasteiger partial charge is 0.163 e. The first kappa shape index (κ1) is 15.1. The third-order valence-corrected chi connectivity index (χ3v) is 5.04. The third kappa shape index (κ3) is 2.62. The SMILES string of the molecule is c1ccc2c(c1)CCC[C@@H]2Nc1ccnc(-c2c[nH]c3ncccc23)n1. The Balaban J connectivity index is 1.48. The van der Waals surface area contributed by atoms with E-state index >= 15 is 0 Å². The molecule has 4 aromatic rings. The molecule has 26 heavy (non-hydrogen) atoms. The summed E-state index contributed by atoms with van der Waals surface area (Å²) in [4.78, 5) is 16.8. The number of nitrogens with one attached hydrogen (secondary N) is 2. The van der Waals surface area contributed by atoms with E-state index in [0.717, 1.165) is 35.3 Å². The number of nitrogens with zero attached hydrogens (tertiary/aromatic N) is 3. The zero-order chi connectivity index (χ0) is 17.3. The van der Waals surface area contributed by atoms with Gasteiger partial charge in [0.15, 0.2) is 5.82 Å². The van der Waals surface area contributed by atoms with Crippen LogP contribution in [0.3, 0.4) is 0 Å². The van der Waals surface area contributed by atoms with Gasteiger partial charge in [-0.2, -0.15) is 0 Å². The van der Waals surface area contributed by atoms with Crippen molar-refractivity contribution < 1.29 is 0 Å². The van der Waals surface area contributed by atoms with Crippen LogP contribution in [-0.2, 0) is 6.42 Å². The molecule has 128 valence electrons. The number of H-pyrrole nitrogens is 1. The van der Waals surface area contributed by atoms with Gasteiger partial charge in [0.2, 0.25) is 0 Å². The summed E-state index contributed by atoms with van der Waals surface area (Å²) in [5.41, 5.74) is 4.65. The molecule has 1 aliphatic carbocycles. The maximum atomic E-state index is 4.76. The minimum Gasteiger partial charge on any atom is -0.363 e. The molecule has 2 N–H and O–H groups in total. The Hall–Kier alpha value is -3.21. The topological polar surface area (TPSA) is 66.5 Å². The summed E-state index contributed by atoms with van der Waals surface area (Å²) < 4.78 is 0. The Morgan fingerprint density at radius 1 is 1.00 bits per heavy atom. The standard InChI is InChI=1S/C21H19N5/c1-2-7-15-14(5-1)6-3-9-18(15)25-19-10-12-23-21(26-19)17-13-24-20-16(17)8-4-11-22-20/h1-2,4-5,7-8,10-13,18H,3,6,9H2,(H,22,24)(H,23,25,26)/t18-/m0/s1. The second-order valence-corrected chi connectivity index (χ2v) is 6.66. The summed E-state index contributed by atoms with van der Waals surface area (Å²) in [6.45, 7) is 0. The lowest BCUT2D eigenvalue weighted by Gasteiger charge is -2.26. The number of hydrogen-bond donors (Lipinski definition) is 2. The highest BCUT2D eigenvalue weighted by Gasteiger charge is 2.20. The van der Waals surface area contributed by atoms with Crippen LogP contribution in [0, 0.1) is 0 Å². The minimum atomic E-state index is 0.298. The lowest BCUT2D eigenvalue weighted by atomic mass is 9.88. The molecule has 0 spiro atoms. The second kappa shape index (κ2) is 6.26. The second-order valence-electron chi connectivity index (χ2n) is 6.66. The van der Waals surface area contributed by atoms with Crippen LogP contribution in [0.2, 0.25) is 0 Å². The van der Waals surface area contributed by atoms with Gasteiger partial charge in [-0.15, -0.1) is 0 Å². The lowest BCUT2D eigenvalue weighted by Crippen LogP contribution is -2.18. The van der Waals surface area contributed by atoms with Gasteiger partial charge in [0.05, 0.1) is 6.04 Å². The molecule has 0 amide bonds. The summed E-state index contributed by atoms with van der Waals surface area (Å²) >= 11 is 0. The molecule has 5 nitrogen and oxygen atoms in total. The van der Waals surface area contributed by atoms with E-state index in [2.05, 4.69) is 44.5 Å². The van der Waals surface area contributed by atoms with Gasteiger partial charge in [-0.05, 0) is 48.6 Å². The van der Waals surface area contributed by atoms with Crippen molar-refractivity contribution in [2.75, 3.05) is 5.32 Å². The molecule has 3 aromatic heterocycles. The molecule has 5 heteroatoms. The fourth-order valence-electron chi connectivity index (χ4n) is 3.79. The molecule has 3 heterocycles. The average molecular weight is 341 g/mol. The predicted octanol–water partition coefficient (Wildman–Crippen LogP) is 4.51. The van der Waals surface area contributed by atoms with Crippen LogP contribution < -0.4 is 5.32 Å². The molecular formula is C21H19N5. The largest absolute Gasteiger partial charge is 0.363 e. The van der Waals surface area contributed by atoms with E-state index in [1.54, 1.807) is 6.20 Å².